The van der Waals surface area contributed by atoms with Crippen molar-refractivity contribution in [1.82, 2.24) is 20.4 Å². The smallest absolute Gasteiger partial charge is 0.325 e. The fourth-order valence-corrected chi connectivity index (χ4v) is 3.62. The van der Waals surface area contributed by atoms with Crippen LogP contribution in [0.25, 0.3) is 0 Å². The molecule has 0 bridgehead atoms. The number of unbranched alkanes of at least 4 members (excludes halogenated alkanes) is 3. The van der Waals surface area contributed by atoms with E-state index in [1.807, 2.05) is 11.0 Å². The van der Waals surface area contributed by atoms with Gasteiger partial charge in [0.15, 0.2) is 12.0 Å². The van der Waals surface area contributed by atoms with Crippen LogP contribution in [0.1, 0.15) is 43.7 Å². The molecule has 0 radical (unpaired) electrons. The average Bonchev–Trinajstić information content (AvgIpc) is 2.99. The van der Waals surface area contributed by atoms with E-state index in [-0.39, 0.29) is 11.9 Å². The molecule has 2 unspecified atom stereocenters. The number of aryl methyl sites for hydroxylation is 1. The number of carbonyl (C=O) groups excluding carboxylic acids is 2. The lowest BCUT2D eigenvalue weighted by atomic mass is 10.1. The lowest BCUT2D eigenvalue weighted by Gasteiger charge is -2.35. The molecule has 2 aliphatic rings. The van der Waals surface area contributed by atoms with Crippen LogP contribution in [0.3, 0.4) is 0 Å². The van der Waals surface area contributed by atoms with E-state index in [9.17, 15) is 9.59 Å². The molecule has 2 saturated heterocycles. The van der Waals surface area contributed by atoms with E-state index >= 15 is 0 Å². The average molecular weight is 371 g/mol. The van der Waals surface area contributed by atoms with E-state index in [1.54, 1.807) is 7.05 Å². The van der Waals surface area contributed by atoms with Gasteiger partial charge >= 0.3 is 6.03 Å². The van der Waals surface area contributed by atoms with Gasteiger partial charge in [0.05, 0.1) is 0 Å². The van der Waals surface area contributed by atoms with Gasteiger partial charge in [-0.25, -0.2) is 4.79 Å². The van der Waals surface area contributed by atoms with Crippen LogP contribution in [0.2, 0.25) is 0 Å². The number of likely N-dealkylation sites (N-methyl/N-ethyl adjacent to an activating group) is 1. The van der Waals surface area contributed by atoms with Crippen LogP contribution in [0, 0.1) is 6.92 Å². The van der Waals surface area contributed by atoms with Crippen molar-refractivity contribution < 1.29 is 9.59 Å². The zero-order valence-corrected chi connectivity index (χ0v) is 16.4. The van der Waals surface area contributed by atoms with E-state index in [0.717, 1.165) is 18.4 Å². The van der Waals surface area contributed by atoms with Gasteiger partial charge in [0.25, 0.3) is 5.91 Å². The number of carbonyl (C=O) groups is 2. The maximum Gasteiger partial charge on any atom is 0.325 e. The third-order valence-corrected chi connectivity index (χ3v) is 5.13. The Morgan fingerprint density at radius 3 is 2.74 bits per heavy atom. The maximum atomic E-state index is 12.6. The molecule has 0 spiro atoms. The summed E-state index contributed by atoms with van der Waals surface area (Å²) >= 11 is 0. The number of urea groups is 1. The molecule has 2 N–H and O–H groups in total. The van der Waals surface area contributed by atoms with Crippen molar-refractivity contribution in [1.29, 1.82) is 0 Å². The Labute approximate surface area is 160 Å². The van der Waals surface area contributed by atoms with Crippen molar-refractivity contribution in [2.75, 3.05) is 13.6 Å². The first-order chi connectivity index (χ1) is 13.0. The number of amides is 3. The van der Waals surface area contributed by atoms with E-state index in [1.165, 1.54) is 23.3 Å². The molecule has 2 fully saturated rings. The predicted octanol–water partition coefficient (Wildman–Crippen LogP) is 2.21. The molecule has 1 aromatic rings. The highest BCUT2D eigenvalue weighted by molar-refractivity contribution is 6.04. The summed E-state index contributed by atoms with van der Waals surface area (Å²) in [5.41, 5.74) is 2.29. The van der Waals surface area contributed by atoms with Crippen LogP contribution < -0.4 is 10.6 Å². The predicted molar refractivity (Wildman–Crippen MR) is 105 cm³/mol. The second kappa shape index (κ2) is 8.41. The number of fused-ring (bicyclic) bond motifs is 1. The highest BCUT2D eigenvalue weighted by atomic mass is 16.2. The molecule has 2 aliphatic heterocycles. The quantitative estimate of drug-likeness (QED) is 0.721. The summed E-state index contributed by atoms with van der Waals surface area (Å²) in [6.45, 7) is 5.52. The molecule has 0 aliphatic carbocycles. The highest BCUT2D eigenvalue weighted by Crippen LogP contribution is 2.23. The molecule has 146 valence electrons. The van der Waals surface area contributed by atoms with Gasteiger partial charge in [0, 0.05) is 20.1 Å². The van der Waals surface area contributed by atoms with Gasteiger partial charge in [-0.1, -0.05) is 56.0 Å². The van der Waals surface area contributed by atoms with Crippen molar-refractivity contribution in [3.63, 3.8) is 0 Å². The van der Waals surface area contributed by atoms with Gasteiger partial charge in [-0.3, -0.25) is 15.1 Å². The number of guanidine groups is 1. The standard InChI is InChI=1S/C20H29N5O2/c1-4-5-6-7-11-21-19-22-17-16(18(26)23-20(27)24(17)3)25(19)13-15-10-8-9-14(2)12-15/h8-10,12,16-17H,4-7,11,13H2,1-3H3,(H,21,22)(H,23,26,27). The van der Waals surface area contributed by atoms with Crippen LogP contribution in [-0.2, 0) is 11.3 Å². The molecule has 2 heterocycles. The molecule has 27 heavy (non-hydrogen) atoms. The van der Waals surface area contributed by atoms with Gasteiger partial charge in [0.2, 0.25) is 0 Å². The van der Waals surface area contributed by atoms with Crippen molar-refractivity contribution in [3.8, 4) is 0 Å². The highest BCUT2D eigenvalue weighted by Gasteiger charge is 2.49. The van der Waals surface area contributed by atoms with Crippen molar-refractivity contribution in [2.24, 2.45) is 4.99 Å². The number of hydrogen-bond acceptors (Lipinski definition) is 3. The fraction of sp³-hybridized carbons (Fsp3) is 0.550. The van der Waals surface area contributed by atoms with Gasteiger partial charge in [-0.2, -0.15) is 0 Å². The van der Waals surface area contributed by atoms with Crippen molar-refractivity contribution in [2.45, 2.75) is 58.3 Å². The number of benzene rings is 1. The summed E-state index contributed by atoms with van der Waals surface area (Å²) in [4.78, 5) is 32.8. The van der Waals surface area contributed by atoms with E-state index in [0.29, 0.717) is 19.0 Å². The zero-order chi connectivity index (χ0) is 19.4. The first-order valence-corrected chi connectivity index (χ1v) is 9.72. The largest absolute Gasteiger partial charge is 0.333 e. The third-order valence-electron chi connectivity index (χ3n) is 5.13. The third kappa shape index (κ3) is 4.23. The van der Waals surface area contributed by atoms with Gasteiger partial charge in [-0.15, -0.1) is 0 Å². The van der Waals surface area contributed by atoms with Crippen LogP contribution >= 0.6 is 0 Å². The van der Waals surface area contributed by atoms with E-state index in [2.05, 4.69) is 42.7 Å². The molecule has 2 atom stereocenters. The molecule has 0 saturated carbocycles. The summed E-state index contributed by atoms with van der Waals surface area (Å²) in [6, 6.07) is 7.37. The molecule has 3 amide bonds. The minimum atomic E-state index is -0.484. The molecule has 7 nitrogen and oxygen atoms in total. The number of nitrogens with one attached hydrogen (secondary N) is 2. The monoisotopic (exact) mass is 371 g/mol. The molecule has 1 aromatic carbocycles. The van der Waals surface area contributed by atoms with Crippen LogP contribution in [-0.4, -0.2) is 53.5 Å². The Bertz CT molecular complexity index is 733. The Morgan fingerprint density at radius 1 is 1.19 bits per heavy atom. The number of rotatable bonds is 7. The summed E-state index contributed by atoms with van der Waals surface area (Å²) in [6.07, 6.45) is 4.16. The van der Waals surface area contributed by atoms with Crippen LogP contribution in [0.15, 0.2) is 29.3 Å². The van der Waals surface area contributed by atoms with Gasteiger partial charge in [-0.05, 0) is 18.9 Å². The van der Waals surface area contributed by atoms with Crippen molar-refractivity contribution in [3.05, 3.63) is 35.4 Å². The summed E-state index contributed by atoms with van der Waals surface area (Å²) < 4.78 is 0. The van der Waals surface area contributed by atoms with Gasteiger partial charge < -0.3 is 15.1 Å². The Morgan fingerprint density at radius 2 is 2.00 bits per heavy atom. The number of nitrogens with zero attached hydrogens (tertiary/aromatic N) is 3. The Kier molecular flexibility index (Phi) is 5.98. The number of hydrogen-bond donors (Lipinski definition) is 2. The first kappa shape index (κ1) is 19.2. The Hall–Kier alpha value is -2.57. The van der Waals surface area contributed by atoms with Gasteiger partial charge in [0.1, 0.15) is 6.17 Å². The minimum absolute atomic E-state index is 0.278. The summed E-state index contributed by atoms with van der Waals surface area (Å²) in [5.74, 6) is 0.416. The molecule has 3 rings (SSSR count). The molecular formula is C20H29N5O2. The SMILES string of the molecule is CCCCCCN=C1NC2C(C(=O)NC(=O)N2C)N1Cc1cccc(C)c1. The summed E-state index contributed by atoms with van der Waals surface area (Å²) in [7, 11) is 1.70. The molecule has 0 aromatic heterocycles. The molecule has 7 heteroatoms. The lowest BCUT2D eigenvalue weighted by Crippen LogP contribution is -2.64. The molecular weight excluding hydrogens is 342 g/mol. The second-order valence-corrected chi connectivity index (χ2v) is 7.32. The minimum Gasteiger partial charge on any atom is -0.333 e. The zero-order valence-electron chi connectivity index (χ0n) is 16.4. The number of imide groups is 1. The normalized spacial score (nSPS) is 23.4. The van der Waals surface area contributed by atoms with Crippen molar-refractivity contribution >= 4 is 17.9 Å². The second-order valence-electron chi connectivity index (χ2n) is 7.32. The lowest BCUT2D eigenvalue weighted by molar-refractivity contribution is -0.127. The van der Waals surface area contributed by atoms with Crippen LogP contribution in [0.4, 0.5) is 4.79 Å². The van der Waals surface area contributed by atoms with E-state index < -0.39 is 12.2 Å². The van der Waals surface area contributed by atoms with E-state index in [4.69, 9.17) is 4.99 Å². The first-order valence-electron chi connectivity index (χ1n) is 9.72. The maximum absolute atomic E-state index is 12.6. The van der Waals surface area contributed by atoms with Crippen LogP contribution in [0.5, 0.6) is 0 Å². The summed E-state index contributed by atoms with van der Waals surface area (Å²) in [5, 5.41) is 5.74. The Balaban J connectivity index is 1.82. The fourth-order valence-electron chi connectivity index (χ4n) is 3.62. The number of aliphatic imine (C=N–C) groups is 1. The topological polar surface area (TPSA) is 77.0 Å².